The van der Waals surface area contributed by atoms with Gasteiger partial charge in [0, 0.05) is 43.3 Å². The van der Waals surface area contributed by atoms with E-state index in [9.17, 15) is 14.4 Å². The van der Waals surface area contributed by atoms with E-state index >= 15 is 0 Å². The summed E-state index contributed by atoms with van der Waals surface area (Å²) < 4.78 is 0. The minimum Gasteiger partial charge on any atom is -0.368 e. The topological polar surface area (TPSA) is 81.8 Å². The van der Waals surface area contributed by atoms with Crippen LogP contribution in [0.3, 0.4) is 0 Å². The van der Waals surface area contributed by atoms with Gasteiger partial charge >= 0.3 is 6.03 Å². The van der Waals surface area contributed by atoms with Gasteiger partial charge in [-0.05, 0) is 31.0 Å². The molecule has 3 rings (SSSR count). The van der Waals surface area contributed by atoms with Crippen LogP contribution in [-0.4, -0.2) is 55.0 Å². The van der Waals surface area contributed by atoms with Crippen molar-refractivity contribution in [1.82, 2.24) is 15.5 Å². The third-order valence-electron chi connectivity index (χ3n) is 4.62. The average Bonchev–Trinajstić information content (AvgIpc) is 2.77. The van der Waals surface area contributed by atoms with Gasteiger partial charge in [-0.2, -0.15) is 0 Å². The Morgan fingerprint density at radius 3 is 2.64 bits per heavy atom. The number of halogens is 1. The van der Waals surface area contributed by atoms with Crippen LogP contribution in [-0.2, 0) is 9.59 Å². The van der Waals surface area contributed by atoms with Gasteiger partial charge in [0.1, 0.15) is 6.04 Å². The number of benzene rings is 1. The van der Waals surface area contributed by atoms with E-state index in [1.165, 1.54) is 0 Å². The third kappa shape index (κ3) is 4.04. The molecule has 2 saturated heterocycles. The number of hydrogen-bond acceptors (Lipinski definition) is 4. The van der Waals surface area contributed by atoms with Gasteiger partial charge in [-0.3, -0.25) is 14.9 Å². The van der Waals surface area contributed by atoms with E-state index in [1.807, 2.05) is 25.1 Å². The molecule has 8 heteroatoms. The fourth-order valence-corrected chi connectivity index (χ4v) is 3.39. The number of rotatable bonds is 2. The number of piperazine rings is 1. The van der Waals surface area contributed by atoms with Crippen molar-refractivity contribution in [3.05, 3.63) is 28.8 Å². The number of carbonyl (C=O) groups excluding carboxylic acids is 3. The minimum atomic E-state index is -0.647. The number of urea groups is 1. The van der Waals surface area contributed by atoms with Crippen LogP contribution >= 0.6 is 11.6 Å². The standard InChI is InChI=1S/C17H21ClN4O3/c1-11-2-3-12(18)10-14(11)21-6-8-22(9-7-21)16(24)13-4-5-15(23)20-17(25)19-13/h2-3,10,13H,4-9H2,1H3,(H2,19,20,23,25). The number of anilines is 1. The van der Waals surface area contributed by atoms with Crippen LogP contribution in [0.5, 0.6) is 0 Å². The molecule has 1 unspecified atom stereocenters. The van der Waals surface area contributed by atoms with E-state index in [4.69, 9.17) is 11.6 Å². The van der Waals surface area contributed by atoms with Crippen LogP contribution < -0.4 is 15.5 Å². The molecule has 2 aliphatic rings. The third-order valence-corrected chi connectivity index (χ3v) is 4.85. The fraction of sp³-hybridized carbons (Fsp3) is 0.471. The Morgan fingerprint density at radius 2 is 1.92 bits per heavy atom. The number of amides is 4. The number of hydrogen-bond donors (Lipinski definition) is 2. The summed E-state index contributed by atoms with van der Waals surface area (Å²) in [4.78, 5) is 39.6. The predicted octanol–water partition coefficient (Wildman–Crippen LogP) is 1.29. The Bertz CT molecular complexity index is 701. The molecule has 0 saturated carbocycles. The second-order valence-electron chi connectivity index (χ2n) is 6.36. The molecule has 1 atom stereocenters. The first-order chi connectivity index (χ1) is 11.9. The molecule has 1 aromatic rings. The molecule has 0 bridgehead atoms. The van der Waals surface area contributed by atoms with E-state index in [1.54, 1.807) is 4.90 Å². The van der Waals surface area contributed by atoms with E-state index in [2.05, 4.69) is 15.5 Å². The van der Waals surface area contributed by atoms with Crippen LogP contribution in [0.4, 0.5) is 10.5 Å². The second-order valence-corrected chi connectivity index (χ2v) is 6.79. The van der Waals surface area contributed by atoms with E-state index < -0.39 is 12.1 Å². The van der Waals surface area contributed by atoms with Gasteiger partial charge in [0.2, 0.25) is 11.8 Å². The van der Waals surface area contributed by atoms with Crippen molar-refractivity contribution in [3.63, 3.8) is 0 Å². The highest BCUT2D eigenvalue weighted by molar-refractivity contribution is 6.30. The molecule has 7 nitrogen and oxygen atoms in total. The van der Waals surface area contributed by atoms with Crippen molar-refractivity contribution in [2.75, 3.05) is 31.1 Å². The molecular weight excluding hydrogens is 344 g/mol. The smallest absolute Gasteiger partial charge is 0.322 e. The van der Waals surface area contributed by atoms with Gasteiger partial charge in [0.15, 0.2) is 0 Å². The maximum Gasteiger partial charge on any atom is 0.322 e. The van der Waals surface area contributed by atoms with Crippen LogP contribution in [0.15, 0.2) is 18.2 Å². The minimum absolute atomic E-state index is 0.132. The maximum absolute atomic E-state index is 12.7. The van der Waals surface area contributed by atoms with Crippen LogP contribution in [0.25, 0.3) is 0 Å². The number of carbonyl (C=O) groups is 3. The van der Waals surface area contributed by atoms with Gasteiger partial charge in [0.25, 0.3) is 0 Å². The van der Waals surface area contributed by atoms with E-state index in [0.717, 1.165) is 11.3 Å². The predicted molar refractivity (Wildman–Crippen MR) is 94.7 cm³/mol. The van der Waals surface area contributed by atoms with Crippen molar-refractivity contribution in [3.8, 4) is 0 Å². The normalized spacial score (nSPS) is 21.4. The highest BCUT2D eigenvalue weighted by Crippen LogP contribution is 2.25. The first-order valence-electron chi connectivity index (χ1n) is 8.34. The Hall–Kier alpha value is -2.28. The van der Waals surface area contributed by atoms with Gasteiger partial charge in [-0.15, -0.1) is 0 Å². The summed E-state index contributed by atoms with van der Waals surface area (Å²) >= 11 is 6.09. The average molecular weight is 365 g/mol. The summed E-state index contributed by atoms with van der Waals surface area (Å²) in [5.41, 5.74) is 2.22. The number of nitrogens with one attached hydrogen (secondary N) is 2. The Kier molecular flexibility index (Phi) is 5.13. The van der Waals surface area contributed by atoms with Crippen LogP contribution in [0.1, 0.15) is 18.4 Å². The Balaban J connectivity index is 1.61. The van der Waals surface area contributed by atoms with Crippen molar-refractivity contribution in [2.45, 2.75) is 25.8 Å². The summed E-state index contributed by atoms with van der Waals surface area (Å²) in [6, 6.07) is 4.54. The number of aryl methyl sites for hydroxylation is 1. The second kappa shape index (κ2) is 7.31. The molecule has 2 aliphatic heterocycles. The molecule has 134 valence electrons. The highest BCUT2D eigenvalue weighted by Gasteiger charge is 2.31. The zero-order valence-electron chi connectivity index (χ0n) is 14.0. The van der Waals surface area contributed by atoms with Crippen molar-refractivity contribution < 1.29 is 14.4 Å². The summed E-state index contributed by atoms with van der Waals surface area (Å²) in [6.07, 6.45) is 0.487. The molecule has 25 heavy (non-hydrogen) atoms. The summed E-state index contributed by atoms with van der Waals surface area (Å²) in [6.45, 7) is 4.57. The van der Waals surface area contributed by atoms with Gasteiger partial charge in [-0.25, -0.2) is 4.79 Å². The first-order valence-corrected chi connectivity index (χ1v) is 8.72. The SMILES string of the molecule is Cc1ccc(Cl)cc1N1CCN(C(=O)C2CCC(=O)NC(=O)N2)CC1. The lowest BCUT2D eigenvalue weighted by atomic mass is 10.1. The fourth-order valence-electron chi connectivity index (χ4n) is 3.23. The van der Waals surface area contributed by atoms with Crippen LogP contribution in [0, 0.1) is 6.92 Å². The lowest BCUT2D eigenvalue weighted by Gasteiger charge is -2.38. The lowest BCUT2D eigenvalue weighted by molar-refractivity contribution is -0.133. The van der Waals surface area contributed by atoms with Crippen LogP contribution in [0.2, 0.25) is 5.02 Å². The maximum atomic E-state index is 12.7. The molecular formula is C17H21ClN4O3. The number of imide groups is 1. The molecule has 4 amide bonds. The van der Waals surface area contributed by atoms with Crippen molar-refractivity contribution in [2.24, 2.45) is 0 Å². The largest absolute Gasteiger partial charge is 0.368 e. The lowest BCUT2D eigenvalue weighted by Crippen LogP contribution is -2.55. The monoisotopic (exact) mass is 364 g/mol. The molecule has 0 aromatic heterocycles. The van der Waals surface area contributed by atoms with Gasteiger partial charge < -0.3 is 15.1 Å². The highest BCUT2D eigenvalue weighted by atomic mass is 35.5. The molecule has 0 spiro atoms. The van der Waals surface area contributed by atoms with E-state index in [-0.39, 0.29) is 18.2 Å². The van der Waals surface area contributed by atoms with Crippen molar-refractivity contribution >= 4 is 35.1 Å². The molecule has 0 aliphatic carbocycles. The zero-order valence-corrected chi connectivity index (χ0v) is 14.8. The molecule has 2 fully saturated rings. The summed E-state index contributed by atoms with van der Waals surface area (Å²) in [7, 11) is 0. The zero-order chi connectivity index (χ0) is 18.0. The Morgan fingerprint density at radius 1 is 1.20 bits per heavy atom. The van der Waals surface area contributed by atoms with E-state index in [0.29, 0.717) is 37.6 Å². The quantitative estimate of drug-likeness (QED) is 0.828. The summed E-state index contributed by atoms with van der Waals surface area (Å²) in [5, 5.41) is 5.45. The van der Waals surface area contributed by atoms with Gasteiger partial charge in [0.05, 0.1) is 0 Å². The molecule has 2 heterocycles. The number of nitrogens with zero attached hydrogens (tertiary/aromatic N) is 2. The summed E-state index contributed by atoms with van der Waals surface area (Å²) in [5.74, 6) is -0.485. The van der Waals surface area contributed by atoms with Gasteiger partial charge in [-0.1, -0.05) is 17.7 Å². The Labute approximate surface area is 151 Å². The molecule has 2 N–H and O–H groups in total. The molecule has 1 aromatic carbocycles. The molecule has 0 radical (unpaired) electrons. The van der Waals surface area contributed by atoms with Crippen molar-refractivity contribution in [1.29, 1.82) is 0 Å². The first kappa shape index (κ1) is 17.5.